The number of carbonyl (C=O) groups is 2. The Morgan fingerprint density at radius 3 is 2.66 bits per heavy atom. The SMILES string of the molecule is CCCCCn1c(=NC(=O)c2cccc(F)c2)c(C(=O)OCC)cc2c(=O)n3ccccc3nc21. The summed E-state index contributed by atoms with van der Waals surface area (Å²) in [7, 11) is 0. The van der Waals surface area contributed by atoms with Gasteiger partial charge in [0.1, 0.15) is 22.7 Å². The van der Waals surface area contributed by atoms with E-state index in [0.717, 1.165) is 18.9 Å². The Labute approximate surface area is 200 Å². The van der Waals surface area contributed by atoms with Gasteiger partial charge in [-0.3, -0.25) is 14.0 Å². The molecule has 4 rings (SSSR count). The van der Waals surface area contributed by atoms with E-state index in [9.17, 15) is 18.8 Å². The van der Waals surface area contributed by atoms with Crippen molar-refractivity contribution in [1.82, 2.24) is 14.0 Å². The van der Waals surface area contributed by atoms with Gasteiger partial charge < -0.3 is 9.30 Å². The Hall–Kier alpha value is -4.14. The standard InChI is InChI=1S/C26H25FN4O4/c1-3-5-7-14-31-22-19(25(33)30-13-8-6-12-21(30)28-22)16-20(26(34)35-4-2)23(31)29-24(32)17-10-9-11-18(27)15-17/h6,8-13,15-16H,3-5,7,14H2,1-2H3. The van der Waals surface area contributed by atoms with Gasteiger partial charge in [-0.2, -0.15) is 4.99 Å². The van der Waals surface area contributed by atoms with E-state index in [4.69, 9.17) is 4.74 Å². The summed E-state index contributed by atoms with van der Waals surface area (Å²) >= 11 is 0. The van der Waals surface area contributed by atoms with Crippen LogP contribution in [0.1, 0.15) is 53.8 Å². The Morgan fingerprint density at radius 2 is 1.91 bits per heavy atom. The van der Waals surface area contributed by atoms with Gasteiger partial charge in [-0.1, -0.05) is 31.9 Å². The van der Waals surface area contributed by atoms with Gasteiger partial charge >= 0.3 is 5.97 Å². The van der Waals surface area contributed by atoms with Gasteiger partial charge in [-0.25, -0.2) is 14.2 Å². The van der Waals surface area contributed by atoms with Crippen LogP contribution in [0.5, 0.6) is 0 Å². The fraction of sp³-hybridized carbons (Fsp3) is 0.269. The first-order valence-electron chi connectivity index (χ1n) is 11.5. The summed E-state index contributed by atoms with van der Waals surface area (Å²) in [5.74, 6) is -2.02. The Balaban J connectivity index is 2.09. The molecule has 0 aliphatic carbocycles. The molecule has 0 radical (unpaired) electrons. The summed E-state index contributed by atoms with van der Waals surface area (Å²) in [5.41, 5.74) is 0.385. The number of nitrogens with zero attached hydrogens (tertiary/aromatic N) is 4. The molecule has 0 spiro atoms. The van der Waals surface area contributed by atoms with Crippen LogP contribution in [0.4, 0.5) is 4.39 Å². The number of hydrogen-bond acceptors (Lipinski definition) is 5. The zero-order valence-electron chi connectivity index (χ0n) is 19.5. The number of ether oxygens (including phenoxy) is 1. The third-order valence-electron chi connectivity index (χ3n) is 5.55. The number of esters is 1. The van der Waals surface area contributed by atoms with E-state index in [2.05, 4.69) is 16.9 Å². The number of hydrogen-bond donors (Lipinski definition) is 0. The molecule has 3 heterocycles. The molecule has 0 saturated heterocycles. The molecular weight excluding hydrogens is 451 g/mol. The molecule has 1 aromatic carbocycles. The lowest BCUT2D eigenvalue weighted by Gasteiger charge is -2.15. The van der Waals surface area contributed by atoms with Crippen LogP contribution in [-0.4, -0.2) is 32.4 Å². The highest BCUT2D eigenvalue weighted by Crippen LogP contribution is 2.13. The van der Waals surface area contributed by atoms with E-state index in [-0.39, 0.29) is 34.2 Å². The predicted octanol–water partition coefficient (Wildman–Crippen LogP) is 3.90. The Bertz CT molecular complexity index is 1560. The molecule has 35 heavy (non-hydrogen) atoms. The van der Waals surface area contributed by atoms with Gasteiger partial charge in [0.05, 0.1) is 12.0 Å². The number of aromatic nitrogens is 3. The highest BCUT2D eigenvalue weighted by molar-refractivity contribution is 5.97. The van der Waals surface area contributed by atoms with Crippen LogP contribution in [0.15, 0.2) is 64.5 Å². The van der Waals surface area contributed by atoms with Crippen molar-refractivity contribution in [3.8, 4) is 0 Å². The summed E-state index contributed by atoms with van der Waals surface area (Å²) in [6, 6.07) is 11.7. The van der Waals surface area contributed by atoms with Crippen molar-refractivity contribution in [2.75, 3.05) is 6.61 Å². The summed E-state index contributed by atoms with van der Waals surface area (Å²) in [4.78, 5) is 48.1. The second kappa shape index (κ2) is 10.4. The number of halogens is 1. The molecular formula is C26H25FN4O4. The van der Waals surface area contributed by atoms with Gasteiger partial charge in [0.2, 0.25) is 0 Å². The van der Waals surface area contributed by atoms with E-state index < -0.39 is 17.7 Å². The van der Waals surface area contributed by atoms with Gasteiger partial charge in [-0.15, -0.1) is 0 Å². The fourth-order valence-electron chi connectivity index (χ4n) is 3.87. The molecule has 0 saturated carbocycles. The molecule has 0 atom stereocenters. The van der Waals surface area contributed by atoms with Crippen molar-refractivity contribution in [3.05, 3.63) is 87.5 Å². The van der Waals surface area contributed by atoms with E-state index in [1.165, 1.54) is 28.7 Å². The number of rotatable bonds is 7. The first-order valence-corrected chi connectivity index (χ1v) is 11.5. The molecule has 180 valence electrons. The van der Waals surface area contributed by atoms with Crippen molar-refractivity contribution < 1.29 is 18.7 Å². The van der Waals surface area contributed by atoms with Gasteiger partial charge in [0, 0.05) is 18.3 Å². The number of aryl methyl sites for hydroxylation is 1. The minimum atomic E-state index is -0.726. The summed E-state index contributed by atoms with van der Waals surface area (Å²) in [5, 5.41) is 0.199. The van der Waals surface area contributed by atoms with Crippen LogP contribution in [-0.2, 0) is 11.3 Å². The van der Waals surface area contributed by atoms with Crippen molar-refractivity contribution in [2.45, 2.75) is 39.7 Å². The maximum Gasteiger partial charge on any atom is 0.341 e. The zero-order chi connectivity index (χ0) is 24.9. The second-order valence-electron chi connectivity index (χ2n) is 7.97. The number of benzene rings is 1. The first kappa shape index (κ1) is 24.0. The van der Waals surface area contributed by atoms with E-state index in [1.54, 1.807) is 35.9 Å². The summed E-state index contributed by atoms with van der Waals surface area (Å²) in [6.45, 7) is 4.17. The van der Waals surface area contributed by atoms with Gasteiger partial charge in [0.15, 0.2) is 5.49 Å². The molecule has 8 nitrogen and oxygen atoms in total. The average molecular weight is 477 g/mol. The van der Waals surface area contributed by atoms with E-state index >= 15 is 0 Å². The lowest BCUT2D eigenvalue weighted by molar-refractivity contribution is 0.0523. The maximum absolute atomic E-state index is 13.7. The van der Waals surface area contributed by atoms with Crippen molar-refractivity contribution >= 4 is 28.6 Å². The number of fused-ring (bicyclic) bond motifs is 2. The molecule has 1 amide bonds. The van der Waals surface area contributed by atoms with Crippen molar-refractivity contribution in [2.24, 2.45) is 4.99 Å². The number of unbranched alkanes of at least 4 members (excludes halogenated alkanes) is 2. The molecule has 0 N–H and O–H groups in total. The van der Waals surface area contributed by atoms with Crippen molar-refractivity contribution in [3.63, 3.8) is 0 Å². The van der Waals surface area contributed by atoms with E-state index in [1.807, 2.05) is 0 Å². The third kappa shape index (κ3) is 4.89. The molecule has 9 heteroatoms. The molecule has 0 aliphatic heterocycles. The monoisotopic (exact) mass is 476 g/mol. The minimum Gasteiger partial charge on any atom is -0.462 e. The molecule has 0 unspecified atom stereocenters. The smallest absolute Gasteiger partial charge is 0.341 e. The molecule has 4 aromatic rings. The quantitative estimate of drug-likeness (QED) is 0.229. The van der Waals surface area contributed by atoms with Crippen LogP contribution in [0.25, 0.3) is 16.7 Å². The highest BCUT2D eigenvalue weighted by atomic mass is 19.1. The van der Waals surface area contributed by atoms with Crippen molar-refractivity contribution in [1.29, 1.82) is 0 Å². The highest BCUT2D eigenvalue weighted by Gasteiger charge is 2.20. The predicted molar refractivity (Wildman–Crippen MR) is 129 cm³/mol. The zero-order valence-corrected chi connectivity index (χ0v) is 19.5. The normalized spacial score (nSPS) is 11.8. The first-order chi connectivity index (χ1) is 16.9. The van der Waals surface area contributed by atoms with Crippen LogP contribution in [0.3, 0.4) is 0 Å². The lowest BCUT2D eigenvalue weighted by Crippen LogP contribution is -2.33. The molecule has 0 fully saturated rings. The molecule has 0 aliphatic rings. The fourth-order valence-corrected chi connectivity index (χ4v) is 3.87. The summed E-state index contributed by atoms with van der Waals surface area (Å²) < 4.78 is 22.0. The Kier molecular flexibility index (Phi) is 7.14. The number of pyridine rings is 2. The Morgan fingerprint density at radius 1 is 1.09 bits per heavy atom. The molecule has 0 bridgehead atoms. The van der Waals surface area contributed by atoms with Crippen LogP contribution >= 0.6 is 0 Å². The minimum absolute atomic E-state index is 0.0218. The lowest BCUT2D eigenvalue weighted by atomic mass is 10.1. The van der Waals surface area contributed by atoms with Crippen LogP contribution in [0, 0.1) is 5.82 Å². The van der Waals surface area contributed by atoms with Crippen LogP contribution in [0.2, 0.25) is 0 Å². The summed E-state index contributed by atoms with van der Waals surface area (Å²) in [6.07, 6.45) is 4.11. The average Bonchev–Trinajstić information content (AvgIpc) is 2.85. The largest absolute Gasteiger partial charge is 0.462 e. The van der Waals surface area contributed by atoms with Gasteiger partial charge in [-0.05, 0) is 49.7 Å². The van der Waals surface area contributed by atoms with E-state index in [0.29, 0.717) is 24.3 Å². The second-order valence-corrected chi connectivity index (χ2v) is 7.97. The number of amides is 1. The molecule has 3 aromatic heterocycles. The topological polar surface area (TPSA) is 95.0 Å². The van der Waals surface area contributed by atoms with Crippen LogP contribution < -0.4 is 11.0 Å². The van der Waals surface area contributed by atoms with Gasteiger partial charge in [0.25, 0.3) is 11.5 Å². The third-order valence-corrected chi connectivity index (χ3v) is 5.55. The maximum atomic E-state index is 13.7. The number of carbonyl (C=O) groups excluding carboxylic acids is 2.